The molecule has 0 heterocycles. The van der Waals surface area contributed by atoms with Gasteiger partial charge in [0, 0.05) is 5.67 Å². The van der Waals surface area contributed by atoms with Crippen LogP contribution in [0.4, 0.5) is 0 Å². The van der Waals surface area contributed by atoms with E-state index in [9.17, 15) is 0 Å². The number of benzene rings is 2. The summed E-state index contributed by atoms with van der Waals surface area (Å²) in [5.74, 6) is 0. The fourth-order valence-electron chi connectivity index (χ4n) is 4.21. The highest BCUT2D eigenvalue weighted by Gasteiger charge is 2.46. The topological polar surface area (TPSA) is 3.24 Å². The molecule has 0 bridgehead atoms. The van der Waals surface area contributed by atoms with Crippen LogP contribution < -0.4 is 10.4 Å². The molecule has 0 aliphatic rings. The van der Waals surface area contributed by atoms with Gasteiger partial charge in [-0.15, -0.1) is 0 Å². The van der Waals surface area contributed by atoms with E-state index >= 15 is 0 Å². The molecule has 118 valence electrons. The highest BCUT2D eigenvalue weighted by molar-refractivity contribution is 7.02. The highest BCUT2D eigenvalue weighted by atomic mass is 28.3. The van der Waals surface area contributed by atoms with E-state index in [1.807, 2.05) is 0 Å². The lowest BCUT2D eigenvalue weighted by Crippen LogP contribution is -2.71. The summed E-state index contributed by atoms with van der Waals surface area (Å²) in [6.45, 7) is 9.63. The van der Waals surface area contributed by atoms with E-state index in [2.05, 4.69) is 107 Å². The molecule has 1 unspecified atom stereocenters. The summed E-state index contributed by atoms with van der Waals surface area (Å²) in [4.78, 5) is 2.44. The predicted octanol–water partition coefficient (Wildman–Crippen LogP) is 3.39. The second-order valence-electron chi connectivity index (χ2n) is 7.67. The Labute approximate surface area is 137 Å². The fourth-order valence-corrected chi connectivity index (χ4v) is 9.71. The molecule has 0 aliphatic carbocycles. The standard InChI is InChI=1S/C20H29NSi/c1-20(2,3)19(21(4)5)22(6,17-13-9-7-10-14-17)18-15-11-8-12-16-18/h7-16,19H,1-6H3. The third-order valence-corrected chi connectivity index (χ3v) is 10.2. The first-order chi connectivity index (χ1) is 10.3. The van der Waals surface area contributed by atoms with Gasteiger partial charge in [0.1, 0.15) is 8.07 Å². The van der Waals surface area contributed by atoms with Crippen LogP contribution in [-0.4, -0.2) is 32.7 Å². The Morgan fingerprint density at radius 2 is 1.14 bits per heavy atom. The number of hydrogen-bond acceptors (Lipinski definition) is 1. The summed E-state index contributed by atoms with van der Waals surface area (Å²) in [5.41, 5.74) is 0.737. The van der Waals surface area contributed by atoms with Crippen LogP contribution in [0.2, 0.25) is 6.55 Å². The SMILES string of the molecule is CN(C)C(C(C)(C)C)[Si](C)(c1ccccc1)c1ccccc1. The van der Waals surface area contributed by atoms with Gasteiger partial charge in [-0.2, -0.15) is 0 Å². The van der Waals surface area contributed by atoms with Crippen molar-refractivity contribution in [1.29, 1.82) is 0 Å². The maximum atomic E-state index is 2.52. The average molecular weight is 312 g/mol. The smallest absolute Gasteiger partial charge is 0.132 e. The minimum atomic E-state index is -1.90. The molecule has 2 aromatic rings. The Bertz CT molecular complexity index is 545. The van der Waals surface area contributed by atoms with Crippen LogP contribution in [-0.2, 0) is 0 Å². The summed E-state index contributed by atoms with van der Waals surface area (Å²) in [5, 5.41) is 3.02. The molecule has 2 heteroatoms. The predicted molar refractivity (Wildman–Crippen MR) is 101 cm³/mol. The van der Waals surface area contributed by atoms with E-state index in [4.69, 9.17) is 0 Å². The first-order valence-corrected chi connectivity index (χ1v) is 10.6. The first-order valence-electron chi connectivity index (χ1n) is 8.05. The van der Waals surface area contributed by atoms with Crippen LogP contribution >= 0.6 is 0 Å². The lowest BCUT2D eigenvalue weighted by molar-refractivity contribution is 0.216. The van der Waals surface area contributed by atoms with Gasteiger partial charge < -0.3 is 4.90 Å². The van der Waals surface area contributed by atoms with E-state index in [-0.39, 0.29) is 5.41 Å². The maximum Gasteiger partial charge on any atom is 0.132 e. The van der Waals surface area contributed by atoms with Crippen LogP contribution in [0.5, 0.6) is 0 Å². The molecule has 0 fully saturated rings. The maximum absolute atomic E-state index is 2.52. The van der Waals surface area contributed by atoms with Gasteiger partial charge in [-0.25, -0.2) is 0 Å². The fraction of sp³-hybridized carbons (Fsp3) is 0.400. The van der Waals surface area contributed by atoms with Gasteiger partial charge in [-0.3, -0.25) is 0 Å². The van der Waals surface area contributed by atoms with Crippen molar-refractivity contribution in [1.82, 2.24) is 4.90 Å². The van der Waals surface area contributed by atoms with E-state index in [1.165, 1.54) is 10.4 Å². The van der Waals surface area contributed by atoms with Crippen molar-refractivity contribution in [2.75, 3.05) is 14.1 Å². The van der Waals surface area contributed by atoms with Gasteiger partial charge >= 0.3 is 0 Å². The molecule has 0 aliphatic heterocycles. The van der Waals surface area contributed by atoms with Crippen LogP contribution in [0.3, 0.4) is 0 Å². The number of nitrogens with zero attached hydrogens (tertiary/aromatic N) is 1. The Balaban J connectivity index is 2.70. The quantitative estimate of drug-likeness (QED) is 0.782. The molecule has 0 N–H and O–H groups in total. The molecular weight excluding hydrogens is 282 g/mol. The van der Waals surface area contributed by atoms with Gasteiger partial charge in [-0.1, -0.05) is 98.4 Å². The molecule has 0 aromatic heterocycles. The van der Waals surface area contributed by atoms with Gasteiger partial charge in [0.2, 0.25) is 0 Å². The van der Waals surface area contributed by atoms with Crippen molar-refractivity contribution in [2.45, 2.75) is 33.0 Å². The minimum absolute atomic E-state index is 0.218. The van der Waals surface area contributed by atoms with E-state index in [0.29, 0.717) is 5.67 Å². The average Bonchev–Trinajstić information content (AvgIpc) is 2.47. The van der Waals surface area contributed by atoms with Gasteiger partial charge in [0.15, 0.2) is 0 Å². The third-order valence-electron chi connectivity index (χ3n) is 4.63. The second-order valence-corrected chi connectivity index (χ2v) is 11.8. The molecule has 0 spiro atoms. The number of rotatable bonds is 4. The van der Waals surface area contributed by atoms with E-state index in [0.717, 1.165) is 0 Å². The van der Waals surface area contributed by atoms with Crippen molar-refractivity contribution in [2.24, 2.45) is 5.41 Å². The van der Waals surface area contributed by atoms with Crippen LogP contribution in [0.15, 0.2) is 60.7 Å². The van der Waals surface area contributed by atoms with E-state index < -0.39 is 8.07 Å². The lowest BCUT2D eigenvalue weighted by Gasteiger charge is -2.48. The normalized spacial score (nSPS) is 14.1. The van der Waals surface area contributed by atoms with Crippen LogP contribution in [0.1, 0.15) is 20.8 Å². The molecule has 0 radical (unpaired) electrons. The Morgan fingerprint density at radius 3 is 1.41 bits per heavy atom. The summed E-state index contributed by atoms with van der Waals surface area (Å²) >= 11 is 0. The van der Waals surface area contributed by atoms with Crippen LogP contribution in [0, 0.1) is 5.41 Å². The second kappa shape index (κ2) is 6.39. The monoisotopic (exact) mass is 311 g/mol. The first kappa shape index (κ1) is 17.0. The highest BCUT2D eigenvalue weighted by Crippen LogP contribution is 2.30. The zero-order chi connectivity index (χ0) is 16.4. The molecule has 2 rings (SSSR count). The van der Waals surface area contributed by atoms with Crippen molar-refractivity contribution in [3.05, 3.63) is 60.7 Å². The van der Waals surface area contributed by atoms with E-state index in [1.54, 1.807) is 0 Å². The lowest BCUT2D eigenvalue weighted by atomic mass is 9.96. The van der Waals surface area contributed by atoms with Gasteiger partial charge in [0.25, 0.3) is 0 Å². The largest absolute Gasteiger partial charge is 0.308 e. The number of hydrogen-bond donors (Lipinski definition) is 0. The Hall–Kier alpha value is -1.38. The molecule has 0 saturated carbocycles. The summed E-state index contributed by atoms with van der Waals surface area (Å²) < 4.78 is 0. The summed E-state index contributed by atoms with van der Waals surface area (Å²) in [7, 11) is 2.55. The van der Waals surface area contributed by atoms with Crippen molar-refractivity contribution in [3.63, 3.8) is 0 Å². The zero-order valence-electron chi connectivity index (χ0n) is 14.8. The zero-order valence-corrected chi connectivity index (χ0v) is 15.8. The van der Waals surface area contributed by atoms with Crippen molar-refractivity contribution in [3.8, 4) is 0 Å². The third kappa shape index (κ3) is 3.18. The minimum Gasteiger partial charge on any atom is -0.308 e. The van der Waals surface area contributed by atoms with Gasteiger partial charge in [0.05, 0.1) is 0 Å². The van der Waals surface area contributed by atoms with Crippen molar-refractivity contribution < 1.29 is 0 Å². The molecule has 0 amide bonds. The summed E-state index contributed by atoms with van der Waals surface area (Å²) in [6.07, 6.45) is 0. The van der Waals surface area contributed by atoms with Crippen molar-refractivity contribution >= 4 is 18.4 Å². The molecule has 2 aromatic carbocycles. The Morgan fingerprint density at radius 1 is 0.773 bits per heavy atom. The summed E-state index contributed by atoms with van der Waals surface area (Å²) in [6, 6.07) is 22.2. The van der Waals surface area contributed by atoms with Crippen LogP contribution in [0.25, 0.3) is 0 Å². The molecule has 0 saturated heterocycles. The van der Waals surface area contributed by atoms with Gasteiger partial charge in [-0.05, 0) is 19.5 Å². The molecule has 1 nitrogen and oxygen atoms in total. The molecule has 1 atom stereocenters. The molecule has 22 heavy (non-hydrogen) atoms. The Kier molecular flexibility index (Phi) is 4.93. The molecular formula is C20H29NSi.